The molecule has 0 fully saturated rings. The summed E-state index contributed by atoms with van der Waals surface area (Å²) in [5, 5.41) is 4.34. The van der Waals surface area contributed by atoms with E-state index in [0.717, 1.165) is 29.5 Å². The number of thiophene rings is 1. The molecule has 9 heteroatoms. The molecule has 4 aromatic rings. The zero-order chi connectivity index (χ0) is 19.8. The molecule has 0 aliphatic heterocycles. The summed E-state index contributed by atoms with van der Waals surface area (Å²) in [4.78, 5) is 11.3. The molecule has 0 unspecified atom stereocenters. The van der Waals surface area contributed by atoms with Crippen molar-refractivity contribution in [2.45, 2.75) is 30.7 Å². The van der Waals surface area contributed by atoms with Gasteiger partial charge in [-0.25, -0.2) is 23.1 Å². The normalized spacial score (nSPS) is 13.7. The van der Waals surface area contributed by atoms with Crippen molar-refractivity contribution in [1.29, 1.82) is 0 Å². The van der Waals surface area contributed by atoms with Crippen molar-refractivity contribution in [3.05, 3.63) is 65.2 Å². The monoisotopic (exact) mass is 426 g/mol. The van der Waals surface area contributed by atoms with E-state index >= 15 is 0 Å². The zero-order valence-electron chi connectivity index (χ0n) is 15.4. The maximum atomic E-state index is 12.7. The minimum atomic E-state index is -3.67. The van der Waals surface area contributed by atoms with Gasteiger partial charge in [-0.2, -0.15) is 0 Å². The van der Waals surface area contributed by atoms with Gasteiger partial charge in [0.15, 0.2) is 0 Å². The van der Waals surface area contributed by atoms with Gasteiger partial charge in [0.05, 0.1) is 23.1 Å². The fourth-order valence-electron chi connectivity index (χ4n) is 3.56. The standard InChI is InChI=1S/C20H18N4O3S2/c25-29(26,23-11-14-5-3-9-27-14)15-6-1-4-13(10-15)24-19-18-16-7-2-8-17(16)28-20(18)22-12-21-19/h1,3-6,9-10,12,23H,2,7-8,11H2,(H,21,22,24). The molecule has 0 spiro atoms. The fraction of sp³-hybridized carbons (Fsp3) is 0.200. The lowest BCUT2D eigenvalue weighted by Crippen LogP contribution is -2.23. The smallest absolute Gasteiger partial charge is 0.241 e. The third-order valence-electron chi connectivity index (χ3n) is 4.92. The second-order valence-electron chi connectivity index (χ2n) is 6.82. The fourth-order valence-corrected chi connectivity index (χ4v) is 5.83. The van der Waals surface area contributed by atoms with Crippen LogP contribution >= 0.6 is 11.3 Å². The highest BCUT2D eigenvalue weighted by Crippen LogP contribution is 2.39. The number of benzene rings is 1. The molecule has 0 radical (unpaired) electrons. The summed E-state index contributed by atoms with van der Waals surface area (Å²) in [7, 11) is -3.67. The highest BCUT2D eigenvalue weighted by atomic mass is 32.2. The molecule has 2 N–H and O–H groups in total. The molecule has 5 rings (SSSR count). The maximum Gasteiger partial charge on any atom is 0.241 e. The van der Waals surface area contributed by atoms with Gasteiger partial charge >= 0.3 is 0 Å². The summed E-state index contributed by atoms with van der Waals surface area (Å²) < 4.78 is 33.0. The molecule has 29 heavy (non-hydrogen) atoms. The lowest BCUT2D eigenvalue weighted by atomic mass is 10.2. The van der Waals surface area contributed by atoms with E-state index in [-0.39, 0.29) is 11.4 Å². The van der Waals surface area contributed by atoms with Gasteiger partial charge in [0.2, 0.25) is 10.0 Å². The molecule has 0 amide bonds. The minimum Gasteiger partial charge on any atom is -0.468 e. The molecule has 0 saturated carbocycles. The van der Waals surface area contributed by atoms with E-state index in [9.17, 15) is 8.42 Å². The van der Waals surface area contributed by atoms with Crippen LogP contribution < -0.4 is 10.0 Å². The SMILES string of the molecule is O=S(=O)(NCc1ccco1)c1cccc(Nc2ncnc3sc4c(c23)CCC4)c1. The summed E-state index contributed by atoms with van der Waals surface area (Å²) >= 11 is 1.72. The zero-order valence-corrected chi connectivity index (χ0v) is 17.0. The Morgan fingerprint density at radius 1 is 1.14 bits per heavy atom. The first-order valence-electron chi connectivity index (χ1n) is 9.24. The summed E-state index contributed by atoms with van der Waals surface area (Å²) in [6.45, 7) is 0.0978. The van der Waals surface area contributed by atoms with Crippen molar-refractivity contribution >= 4 is 43.1 Å². The van der Waals surface area contributed by atoms with E-state index < -0.39 is 10.0 Å². The Morgan fingerprint density at radius 2 is 2.07 bits per heavy atom. The average Bonchev–Trinajstić information content (AvgIpc) is 3.44. The Kier molecular flexibility index (Phi) is 4.57. The van der Waals surface area contributed by atoms with Crippen molar-refractivity contribution in [3.8, 4) is 0 Å². The van der Waals surface area contributed by atoms with Crippen molar-refractivity contribution in [1.82, 2.24) is 14.7 Å². The summed E-state index contributed by atoms with van der Waals surface area (Å²) in [5.41, 5.74) is 1.97. The number of nitrogens with one attached hydrogen (secondary N) is 2. The summed E-state index contributed by atoms with van der Waals surface area (Å²) in [6.07, 6.45) is 6.33. The molecule has 1 aromatic carbocycles. The molecule has 3 heterocycles. The highest BCUT2D eigenvalue weighted by molar-refractivity contribution is 7.89. The number of rotatable bonds is 6. The molecule has 0 saturated heterocycles. The van der Waals surface area contributed by atoms with E-state index in [2.05, 4.69) is 20.0 Å². The molecule has 3 aromatic heterocycles. The van der Waals surface area contributed by atoms with Crippen LogP contribution in [0.15, 0.2) is 58.3 Å². The van der Waals surface area contributed by atoms with Crippen LogP contribution in [0.3, 0.4) is 0 Å². The van der Waals surface area contributed by atoms with E-state index in [1.54, 1.807) is 48.0 Å². The molecule has 7 nitrogen and oxygen atoms in total. The van der Waals surface area contributed by atoms with Gasteiger partial charge < -0.3 is 9.73 Å². The first-order valence-corrected chi connectivity index (χ1v) is 11.5. The minimum absolute atomic E-state index is 0.0978. The van der Waals surface area contributed by atoms with Gasteiger partial charge in [-0.3, -0.25) is 0 Å². The summed E-state index contributed by atoms with van der Waals surface area (Å²) in [6, 6.07) is 10.1. The van der Waals surface area contributed by atoms with Crippen LogP contribution in [0.2, 0.25) is 0 Å². The van der Waals surface area contributed by atoms with Crippen LogP contribution in [0.5, 0.6) is 0 Å². The predicted molar refractivity (Wildman–Crippen MR) is 112 cm³/mol. The first-order chi connectivity index (χ1) is 14.1. The van der Waals surface area contributed by atoms with Crippen LogP contribution in [0, 0.1) is 0 Å². The van der Waals surface area contributed by atoms with Crippen molar-refractivity contribution in [2.24, 2.45) is 0 Å². The van der Waals surface area contributed by atoms with Crippen LogP contribution in [0.1, 0.15) is 22.6 Å². The summed E-state index contributed by atoms with van der Waals surface area (Å²) in [5.74, 6) is 1.27. The number of fused-ring (bicyclic) bond motifs is 3. The second kappa shape index (κ2) is 7.25. The largest absolute Gasteiger partial charge is 0.468 e. The number of furan rings is 1. The van der Waals surface area contributed by atoms with E-state index in [1.165, 1.54) is 16.7 Å². The van der Waals surface area contributed by atoms with Gasteiger partial charge in [-0.1, -0.05) is 6.07 Å². The Labute approximate surface area is 171 Å². The van der Waals surface area contributed by atoms with Crippen molar-refractivity contribution < 1.29 is 12.8 Å². The third-order valence-corrected chi connectivity index (χ3v) is 7.52. The van der Waals surface area contributed by atoms with Crippen LogP contribution in [-0.2, 0) is 29.4 Å². The lowest BCUT2D eigenvalue weighted by Gasteiger charge is -2.10. The van der Waals surface area contributed by atoms with E-state index in [4.69, 9.17) is 4.42 Å². The maximum absolute atomic E-state index is 12.7. The van der Waals surface area contributed by atoms with E-state index in [1.807, 2.05) is 6.07 Å². The van der Waals surface area contributed by atoms with Crippen LogP contribution in [0.4, 0.5) is 11.5 Å². The lowest BCUT2D eigenvalue weighted by molar-refractivity contribution is 0.498. The Hall–Kier alpha value is -2.75. The van der Waals surface area contributed by atoms with Gasteiger partial charge in [-0.05, 0) is 55.2 Å². The number of aryl methyl sites for hydroxylation is 2. The predicted octanol–water partition coefficient (Wildman–Crippen LogP) is 4.00. The number of aromatic nitrogens is 2. The number of anilines is 2. The topological polar surface area (TPSA) is 97.1 Å². The van der Waals surface area contributed by atoms with Gasteiger partial charge in [0.1, 0.15) is 22.7 Å². The van der Waals surface area contributed by atoms with Crippen molar-refractivity contribution in [3.63, 3.8) is 0 Å². The van der Waals surface area contributed by atoms with Crippen molar-refractivity contribution in [2.75, 3.05) is 5.32 Å². The average molecular weight is 427 g/mol. The van der Waals surface area contributed by atoms with Gasteiger partial charge in [0.25, 0.3) is 0 Å². The first kappa shape index (κ1) is 18.3. The number of hydrogen-bond donors (Lipinski definition) is 2. The van der Waals surface area contributed by atoms with Crippen LogP contribution in [0.25, 0.3) is 10.2 Å². The van der Waals surface area contributed by atoms with E-state index in [0.29, 0.717) is 17.3 Å². The number of sulfonamides is 1. The quantitative estimate of drug-likeness (QED) is 0.484. The molecule has 1 aliphatic carbocycles. The highest BCUT2D eigenvalue weighted by Gasteiger charge is 2.21. The van der Waals surface area contributed by atoms with Gasteiger partial charge in [0, 0.05) is 10.6 Å². The molecule has 148 valence electrons. The Balaban J connectivity index is 1.43. The Morgan fingerprint density at radius 3 is 2.93 bits per heavy atom. The second-order valence-corrected chi connectivity index (χ2v) is 9.67. The third kappa shape index (κ3) is 3.52. The molecular formula is C20H18N4O3S2. The molecule has 0 atom stereocenters. The Bertz CT molecular complexity index is 1280. The number of hydrogen-bond acceptors (Lipinski definition) is 7. The number of nitrogens with zero attached hydrogens (tertiary/aromatic N) is 2. The van der Waals surface area contributed by atoms with Gasteiger partial charge in [-0.15, -0.1) is 11.3 Å². The molecule has 1 aliphatic rings. The molecular weight excluding hydrogens is 408 g/mol. The molecule has 0 bridgehead atoms. The van der Waals surface area contributed by atoms with Crippen LogP contribution in [-0.4, -0.2) is 18.4 Å².